The maximum atomic E-state index is 12.5. The van der Waals surface area contributed by atoms with Gasteiger partial charge in [0.25, 0.3) is 11.8 Å². The Kier molecular flexibility index (Phi) is 4.78. The van der Waals surface area contributed by atoms with Crippen molar-refractivity contribution < 1.29 is 32.7 Å². The Bertz CT molecular complexity index is 690. The Morgan fingerprint density at radius 1 is 1.25 bits per heavy atom. The Balaban J connectivity index is 2.06. The number of carbonyl (C=O) groups excluding carboxylic acids is 3. The fraction of sp³-hybridized carbons (Fsp3) is 0.357. The number of halogens is 3. The van der Waals surface area contributed by atoms with Gasteiger partial charge in [-0.3, -0.25) is 14.9 Å². The molecule has 4 amide bonds. The van der Waals surface area contributed by atoms with Crippen molar-refractivity contribution >= 4 is 23.5 Å². The van der Waals surface area contributed by atoms with Crippen LogP contribution in [0.3, 0.4) is 0 Å². The number of carbonyl (C=O) groups is 3. The largest absolute Gasteiger partial charge is 0.416 e. The summed E-state index contributed by atoms with van der Waals surface area (Å²) in [6.07, 6.45) is -7.70. The van der Waals surface area contributed by atoms with E-state index in [1.165, 1.54) is 25.1 Å². The minimum Gasteiger partial charge on any atom is -0.382 e. The van der Waals surface area contributed by atoms with Gasteiger partial charge in [0.05, 0.1) is 17.2 Å². The number of anilines is 1. The number of benzene rings is 1. The lowest BCUT2D eigenvalue weighted by atomic mass is 10.1. The van der Waals surface area contributed by atoms with Gasteiger partial charge >= 0.3 is 12.2 Å². The predicted octanol–water partition coefficient (Wildman–Crippen LogP) is 1.39. The summed E-state index contributed by atoms with van der Waals surface area (Å²) < 4.78 is 37.5. The molecule has 1 aromatic rings. The highest BCUT2D eigenvalue weighted by Gasteiger charge is 2.43. The first kappa shape index (κ1) is 17.7. The lowest BCUT2D eigenvalue weighted by Crippen LogP contribution is -2.50. The molecule has 0 saturated heterocycles. The van der Waals surface area contributed by atoms with Crippen molar-refractivity contribution in [2.24, 2.45) is 0 Å². The number of amides is 4. The summed E-state index contributed by atoms with van der Waals surface area (Å²) in [4.78, 5) is 34.7. The Morgan fingerprint density at radius 2 is 1.88 bits per heavy atom. The quantitative estimate of drug-likeness (QED) is 0.619. The average Bonchev–Trinajstić information content (AvgIpc) is 2.77. The van der Waals surface area contributed by atoms with E-state index in [9.17, 15) is 32.7 Å². The number of nitrogens with one attached hydrogen (secondary N) is 3. The predicted molar refractivity (Wildman–Crippen MR) is 76.5 cm³/mol. The third-order valence-corrected chi connectivity index (χ3v) is 3.47. The second-order valence-corrected chi connectivity index (χ2v) is 5.14. The van der Waals surface area contributed by atoms with Gasteiger partial charge in [0.1, 0.15) is 0 Å². The molecule has 0 fully saturated rings. The van der Waals surface area contributed by atoms with E-state index in [1.807, 2.05) is 5.32 Å². The third kappa shape index (κ3) is 3.65. The zero-order chi connectivity index (χ0) is 18.1. The van der Waals surface area contributed by atoms with Crippen LogP contribution >= 0.6 is 0 Å². The van der Waals surface area contributed by atoms with Crippen molar-refractivity contribution in [1.82, 2.24) is 10.6 Å². The third-order valence-electron chi connectivity index (χ3n) is 3.47. The van der Waals surface area contributed by atoms with Gasteiger partial charge in [-0.2, -0.15) is 13.2 Å². The zero-order valence-corrected chi connectivity index (χ0v) is 12.4. The Morgan fingerprint density at radius 3 is 2.46 bits per heavy atom. The first-order valence-corrected chi connectivity index (χ1v) is 6.95. The smallest absolute Gasteiger partial charge is 0.382 e. The molecule has 2 unspecified atom stereocenters. The molecule has 0 spiro atoms. The molecule has 1 heterocycles. The molecule has 0 radical (unpaired) electrons. The van der Waals surface area contributed by atoms with E-state index in [0.717, 1.165) is 0 Å². The van der Waals surface area contributed by atoms with Crippen molar-refractivity contribution in [3.63, 3.8) is 0 Å². The highest BCUT2D eigenvalue weighted by molar-refractivity contribution is 6.22. The molecule has 0 saturated carbocycles. The van der Waals surface area contributed by atoms with Gasteiger partial charge in [0, 0.05) is 5.69 Å². The fourth-order valence-electron chi connectivity index (χ4n) is 2.21. The molecule has 0 aromatic heterocycles. The standard InChI is InChI=1S/C14H14F3N3O4/c1-2-9(10(21)14(15,16)17)19-13(24)18-6-3-4-7-8(5-6)12(23)20-11(7)22/h3-5,9-10,21H,2H2,1H3,(H2,18,19,24)(H,20,22,23). The lowest BCUT2D eigenvalue weighted by Gasteiger charge is -2.24. The first-order chi connectivity index (χ1) is 11.1. The monoisotopic (exact) mass is 345 g/mol. The number of aliphatic hydroxyl groups excluding tert-OH is 1. The molecule has 1 aromatic carbocycles. The van der Waals surface area contributed by atoms with Crippen molar-refractivity contribution in [1.29, 1.82) is 0 Å². The van der Waals surface area contributed by atoms with Gasteiger partial charge in [0.15, 0.2) is 6.10 Å². The van der Waals surface area contributed by atoms with Crippen LogP contribution in [-0.4, -0.2) is 41.3 Å². The molecule has 2 rings (SSSR count). The number of imide groups is 1. The van der Waals surface area contributed by atoms with Crippen molar-refractivity contribution in [2.75, 3.05) is 5.32 Å². The Labute approximate surface area is 134 Å². The normalized spacial score (nSPS) is 16.2. The maximum absolute atomic E-state index is 12.5. The second kappa shape index (κ2) is 6.48. The van der Waals surface area contributed by atoms with Crippen LogP contribution in [0.1, 0.15) is 34.1 Å². The van der Waals surface area contributed by atoms with E-state index in [0.29, 0.717) is 0 Å². The minimum absolute atomic E-state index is 0.0557. The molecule has 130 valence electrons. The number of hydrogen-bond acceptors (Lipinski definition) is 4. The van der Waals surface area contributed by atoms with E-state index in [-0.39, 0.29) is 23.2 Å². The molecule has 4 N–H and O–H groups in total. The van der Waals surface area contributed by atoms with Gasteiger partial charge in [-0.05, 0) is 24.6 Å². The van der Waals surface area contributed by atoms with Crippen LogP contribution in [0.15, 0.2) is 18.2 Å². The molecule has 7 nitrogen and oxygen atoms in total. The van der Waals surface area contributed by atoms with E-state index in [1.54, 1.807) is 0 Å². The van der Waals surface area contributed by atoms with Gasteiger partial charge < -0.3 is 15.7 Å². The summed E-state index contributed by atoms with van der Waals surface area (Å²) in [6, 6.07) is 1.38. The summed E-state index contributed by atoms with van der Waals surface area (Å²) in [6.45, 7) is 1.38. The van der Waals surface area contributed by atoms with Gasteiger partial charge in [-0.15, -0.1) is 0 Å². The van der Waals surface area contributed by atoms with E-state index >= 15 is 0 Å². The zero-order valence-electron chi connectivity index (χ0n) is 12.4. The van der Waals surface area contributed by atoms with Crippen LogP contribution in [0.4, 0.5) is 23.7 Å². The molecular weight excluding hydrogens is 331 g/mol. The van der Waals surface area contributed by atoms with Crippen molar-refractivity contribution in [3.05, 3.63) is 29.3 Å². The number of hydrogen-bond donors (Lipinski definition) is 4. The number of fused-ring (bicyclic) bond motifs is 1. The fourth-order valence-corrected chi connectivity index (χ4v) is 2.21. The molecule has 24 heavy (non-hydrogen) atoms. The van der Waals surface area contributed by atoms with E-state index in [2.05, 4.69) is 10.6 Å². The first-order valence-electron chi connectivity index (χ1n) is 6.95. The SMILES string of the molecule is CCC(NC(=O)Nc1ccc2c(c1)C(=O)NC2=O)C(O)C(F)(F)F. The number of rotatable bonds is 4. The molecule has 1 aliphatic heterocycles. The van der Waals surface area contributed by atoms with Crippen LogP contribution in [-0.2, 0) is 0 Å². The second-order valence-electron chi connectivity index (χ2n) is 5.14. The molecule has 10 heteroatoms. The highest BCUT2D eigenvalue weighted by atomic mass is 19.4. The maximum Gasteiger partial charge on any atom is 0.416 e. The van der Waals surface area contributed by atoms with Crippen LogP contribution in [0.25, 0.3) is 0 Å². The summed E-state index contributed by atoms with van der Waals surface area (Å²) in [5, 5.41) is 15.5. The molecule has 0 bridgehead atoms. The minimum atomic E-state index is -4.86. The van der Waals surface area contributed by atoms with Crippen molar-refractivity contribution in [2.45, 2.75) is 31.7 Å². The van der Waals surface area contributed by atoms with Gasteiger partial charge in [-0.1, -0.05) is 6.92 Å². The van der Waals surface area contributed by atoms with E-state index in [4.69, 9.17) is 0 Å². The highest BCUT2D eigenvalue weighted by Crippen LogP contribution is 2.24. The van der Waals surface area contributed by atoms with Gasteiger partial charge in [0.2, 0.25) is 0 Å². The number of alkyl halides is 3. The lowest BCUT2D eigenvalue weighted by molar-refractivity contribution is -0.211. The topological polar surface area (TPSA) is 108 Å². The summed E-state index contributed by atoms with van der Waals surface area (Å²) in [7, 11) is 0. The Hall–Kier alpha value is -2.62. The summed E-state index contributed by atoms with van der Waals surface area (Å²) >= 11 is 0. The van der Waals surface area contributed by atoms with Crippen LogP contribution in [0, 0.1) is 0 Å². The molecule has 2 atom stereocenters. The van der Waals surface area contributed by atoms with Gasteiger partial charge in [-0.25, -0.2) is 4.79 Å². The molecule has 0 aliphatic carbocycles. The molecular formula is C14H14F3N3O4. The summed E-state index contributed by atoms with van der Waals surface area (Å²) in [5.74, 6) is -1.19. The van der Waals surface area contributed by atoms with Crippen LogP contribution in [0.2, 0.25) is 0 Å². The average molecular weight is 345 g/mol. The summed E-state index contributed by atoms with van der Waals surface area (Å²) in [5.41, 5.74) is 0.317. The molecule has 1 aliphatic rings. The number of urea groups is 1. The van der Waals surface area contributed by atoms with Crippen LogP contribution < -0.4 is 16.0 Å². The van der Waals surface area contributed by atoms with Crippen LogP contribution in [0.5, 0.6) is 0 Å². The number of aliphatic hydroxyl groups is 1. The van der Waals surface area contributed by atoms with Crippen molar-refractivity contribution in [3.8, 4) is 0 Å². The van der Waals surface area contributed by atoms with E-state index < -0.39 is 36.2 Å².